The van der Waals surface area contributed by atoms with E-state index in [1.807, 2.05) is 36.5 Å². The quantitative estimate of drug-likeness (QED) is 0.851. The average molecular weight is 305 g/mol. The van der Waals surface area contributed by atoms with Crippen LogP contribution in [0.5, 0.6) is 5.75 Å². The number of hydrogen-bond donors (Lipinski definition) is 0. The summed E-state index contributed by atoms with van der Waals surface area (Å²) in [5.74, 6) is 0.945. The number of nitrogens with zero attached hydrogens (tertiary/aromatic N) is 2. The van der Waals surface area contributed by atoms with Gasteiger partial charge in [-0.15, -0.1) is 0 Å². The van der Waals surface area contributed by atoms with Crippen molar-refractivity contribution in [3.05, 3.63) is 52.8 Å². The van der Waals surface area contributed by atoms with Gasteiger partial charge in [0, 0.05) is 10.7 Å². The maximum atomic E-state index is 5.66. The van der Waals surface area contributed by atoms with E-state index in [9.17, 15) is 0 Å². The number of aromatic nitrogens is 1. The molecule has 1 aromatic carbocycles. The van der Waals surface area contributed by atoms with Crippen LogP contribution >= 0.6 is 15.9 Å². The lowest BCUT2D eigenvalue weighted by Gasteiger charge is -2.31. The predicted octanol–water partition coefficient (Wildman–Crippen LogP) is 3.24. The SMILES string of the molecule is Brc1ccc2c(c1)N(Cc1ccccn1)CCO2. The molecule has 0 N–H and O–H groups in total. The summed E-state index contributed by atoms with van der Waals surface area (Å²) in [6, 6.07) is 12.1. The van der Waals surface area contributed by atoms with Crippen molar-refractivity contribution in [2.45, 2.75) is 6.54 Å². The van der Waals surface area contributed by atoms with Crippen molar-refractivity contribution in [1.29, 1.82) is 0 Å². The van der Waals surface area contributed by atoms with E-state index in [1.165, 1.54) is 0 Å². The van der Waals surface area contributed by atoms with Crippen LogP contribution in [0.25, 0.3) is 0 Å². The standard InChI is InChI=1S/C14H13BrN2O/c15-11-4-5-14-13(9-11)17(7-8-18-14)10-12-3-1-2-6-16-12/h1-6,9H,7-8,10H2. The lowest BCUT2D eigenvalue weighted by Crippen LogP contribution is -2.32. The first-order valence-electron chi connectivity index (χ1n) is 5.90. The van der Waals surface area contributed by atoms with Crippen LogP contribution in [0.3, 0.4) is 0 Å². The highest BCUT2D eigenvalue weighted by atomic mass is 79.9. The Kier molecular flexibility index (Phi) is 3.19. The number of ether oxygens (including phenoxy) is 1. The molecule has 0 saturated carbocycles. The number of pyridine rings is 1. The fourth-order valence-electron chi connectivity index (χ4n) is 2.10. The number of rotatable bonds is 2. The summed E-state index contributed by atoms with van der Waals surface area (Å²) < 4.78 is 6.73. The molecule has 92 valence electrons. The molecule has 18 heavy (non-hydrogen) atoms. The minimum absolute atomic E-state index is 0.724. The van der Waals surface area contributed by atoms with Crippen LogP contribution in [-0.2, 0) is 6.54 Å². The highest BCUT2D eigenvalue weighted by Gasteiger charge is 2.18. The molecule has 1 aliphatic rings. The van der Waals surface area contributed by atoms with Gasteiger partial charge in [-0.25, -0.2) is 0 Å². The summed E-state index contributed by atoms with van der Waals surface area (Å²) in [6.07, 6.45) is 1.83. The number of halogens is 1. The predicted molar refractivity (Wildman–Crippen MR) is 74.9 cm³/mol. The lowest BCUT2D eigenvalue weighted by molar-refractivity contribution is 0.306. The third kappa shape index (κ3) is 2.34. The van der Waals surface area contributed by atoms with Crippen LogP contribution in [0, 0.1) is 0 Å². The van der Waals surface area contributed by atoms with E-state index >= 15 is 0 Å². The van der Waals surface area contributed by atoms with Crippen LogP contribution in [0.1, 0.15) is 5.69 Å². The molecule has 1 aromatic heterocycles. The molecule has 0 aliphatic carbocycles. The Balaban J connectivity index is 1.89. The van der Waals surface area contributed by atoms with Gasteiger partial charge < -0.3 is 9.64 Å². The summed E-state index contributed by atoms with van der Waals surface area (Å²) in [5, 5.41) is 0. The molecule has 3 nitrogen and oxygen atoms in total. The number of anilines is 1. The zero-order chi connectivity index (χ0) is 12.4. The van der Waals surface area contributed by atoms with E-state index in [4.69, 9.17) is 4.74 Å². The Morgan fingerprint density at radius 3 is 3.06 bits per heavy atom. The first-order valence-corrected chi connectivity index (χ1v) is 6.69. The van der Waals surface area contributed by atoms with E-state index in [1.54, 1.807) is 0 Å². The van der Waals surface area contributed by atoms with Gasteiger partial charge in [0.1, 0.15) is 12.4 Å². The smallest absolute Gasteiger partial charge is 0.142 e. The highest BCUT2D eigenvalue weighted by molar-refractivity contribution is 9.10. The van der Waals surface area contributed by atoms with Crippen molar-refractivity contribution in [1.82, 2.24) is 4.98 Å². The van der Waals surface area contributed by atoms with Crippen molar-refractivity contribution in [2.75, 3.05) is 18.1 Å². The van der Waals surface area contributed by atoms with Crippen LogP contribution in [-0.4, -0.2) is 18.1 Å². The van der Waals surface area contributed by atoms with E-state index < -0.39 is 0 Å². The minimum atomic E-state index is 0.724. The molecule has 3 rings (SSSR count). The van der Waals surface area contributed by atoms with Gasteiger partial charge in [-0.2, -0.15) is 0 Å². The van der Waals surface area contributed by atoms with Crippen LogP contribution in [0.2, 0.25) is 0 Å². The lowest BCUT2D eigenvalue weighted by atomic mass is 10.2. The zero-order valence-corrected chi connectivity index (χ0v) is 11.4. The third-order valence-corrected chi connectivity index (χ3v) is 3.45. The Hall–Kier alpha value is -1.55. The molecular weight excluding hydrogens is 292 g/mol. The topological polar surface area (TPSA) is 25.4 Å². The van der Waals surface area contributed by atoms with Crippen LogP contribution in [0.4, 0.5) is 5.69 Å². The molecule has 0 amide bonds. The van der Waals surface area contributed by atoms with Crippen LogP contribution in [0.15, 0.2) is 47.1 Å². The van der Waals surface area contributed by atoms with Gasteiger partial charge in [0.15, 0.2) is 0 Å². The van der Waals surface area contributed by atoms with Crippen molar-refractivity contribution >= 4 is 21.6 Å². The highest BCUT2D eigenvalue weighted by Crippen LogP contribution is 2.34. The molecule has 0 radical (unpaired) electrons. The van der Waals surface area contributed by atoms with Crippen molar-refractivity contribution in [3.63, 3.8) is 0 Å². The van der Waals surface area contributed by atoms with Crippen molar-refractivity contribution in [2.24, 2.45) is 0 Å². The van der Waals surface area contributed by atoms with Crippen molar-refractivity contribution in [3.8, 4) is 5.75 Å². The van der Waals surface area contributed by atoms with E-state index in [0.29, 0.717) is 0 Å². The fourth-order valence-corrected chi connectivity index (χ4v) is 2.45. The largest absolute Gasteiger partial charge is 0.490 e. The summed E-state index contributed by atoms with van der Waals surface area (Å²) in [5.41, 5.74) is 2.20. The van der Waals surface area contributed by atoms with Gasteiger partial charge >= 0.3 is 0 Å². The second-order valence-electron chi connectivity index (χ2n) is 4.20. The van der Waals surface area contributed by atoms with Crippen molar-refractivity contribution < 1.29 is 4.74 Å². The summed E-state index contributed by atoms with van der Waals surface area (Å²) in [7, 11) is 0. The minimum Gasteiger partial charge on any atom is -0.490 e. The second-order valence-corrected chi connectivity index (χ2v) is 5.12. The molecule has 2 heterocycles. The molecule has 0 atom stereocenters. The summed E-state index contributed by atoms with van der Waals surface area (Å²) >= 11 is 3.51. The van der Waals surface area contributed by atoms with Gasteiger partial charge in [-0.05, 0) is 30.3 Å². The number of benzene rings is 1. The second kappa shape index (κ2) is 4.98. The van der Waals surface area contributed by atoms with Gasteiger partial charge in [-0.1, -0.05) is 22.0 Å². The molecule has 0 bridgehead atoms. The molecule has 1 aliphatic heterocycles. The van der Waals surface area contributed by atoms with Gasteiger partial charge in [0.25, 0.3) is 0 Å². The number of fused-ring (bicyclic) bond motifs is 1. The molecule has 2 aromatic rings. The molecule has 0 fully saturated rings. The maximum absolute atomic E-state index is 5.66. The van der Waals surface area contributed by atoms with Gasteiger partial charge in [0.2, 0.25) is 0 Å². The Morgan fingerprint density at radius 1 is 1.28 bits per heavy atom. The molecule has 0 saturated heterocycles. The Bertz CT molecular complexity index is 545. The first-order chi connectivity index (χ1) is 8.83. The fraction of sp³-hybridized carbons (Fsp3) is 0.214. The normalized spacial score (nSPS) is 13.9. The Morgan fingerprint density at radius 2 is 2.22 bits per heavy atom. The van der Waals surface area contributed by atoms with Gasteiger partial charge in [0.05, 0.1) is 24.5 Å². The first kappa shape index (κ1) is 11.5. The van der Waals surface area contributed by atoms with Crippen LogP contribution < -0.4 is 9.64 Å². The summed E-state index contributed by atoms with van der Waals surface area (Å²) in [6.45, 7) is 2.43. The monoisotopic (exact) mass is 304 g/mol. The third-order valence-electron chi connectivity index (χ3n) is 2.96. The van der Waals surface area contributed by atoms with E-state index in [2.05, 4.69) is 31.9 Å². The molecule has 0 unspecified atom stereocenters. The zero-order valence-electron chi connectivity index (χ0n) is 9.84. The Labute approximate surface area is 115 Å². The van der Waals surface area contributed by atoms with E-state index in [0.717, 1.165) is 41.3 Å². The molecule has 0 spiro atoms. The summed E-state index contributed by atoms with van der Waals surface area (Å²) in [4.78, 5) is 6.67. The van der Waals surface area contributed by atoms with Gasteiger partial charge in [-0.3, -0.25) is 4.98 Å². The maximum Gasteiger partial charge on any atom is 0.142 e. The molecular formula is C14H13BrN2O. The molecule has 4 heteroatoms. The van der Waals surface area contributed by atoms with E-state index in [-0.39, 0.29) is 0 Å². The number of hydrogen-bond acceptors (Lipinski definition) is 3. The average Bonchev–Trinajstić information content (AvgIpc) is 2.41.